The Kier molecular flexibility index (Phi) is 4.24. The van der Waals surface area contributed by atoms with E-state index in [1.807, 2.05) is 0 Å². The lowest BCUT2D eigenvalue weighted by Gasteiger charge is -2.24. The van der Waals surface area contributed by atoms with Gasteiger partial charge in [0.2, 0.25) is 0 Å². The summed E-state index contributed by atoms with van der Waals surface area (Å²) in [7, 11) is 0. The van der Waals surface area contributed by atoms with Crippen LogP contribution in [0.25, 0.3) is 0 Å². The second kappa shape index (κ2) is 5.12. The second-order valence-corrected chi connectivity index (χ2v) is 6.55. The van der Waals surface area contributed by atoms with Crippen molar-refractivity contribution in [2.45, 2.75) is 60.0 Å². The van der Waals surface area contributed by atoms with Crippen LogP contribution in [-0.4, -0.2) is 5.60 Å². The molecule has 0 aliphatic carbocycles. The van der Waals surface area contributed by atoms with Crippen molar-refractivity contribution in [3.63, 3.8) is 0 Å². The summed E-state index contributed by atoms with van der Waals surface area (Å²) in [5.41, 5.74) is 1.65. The largest absolute Gasteiger partial charge is 0.488 e. The van der Waals surface area contributed by atoms with Gasteiger partial charge in [-0.3, -0.25) is 0 Å². The van der Waals surface area contributed by atoms with Gasteiger partial charge in [-0.2, -0.15) is 0 Å². The summed E-state index contributed by atoms with van der Waals surface area (Å²) in [6.07, 6.45) is 2.33. The molecule has 0 aliphatic heterocycles. The van der Waals surface area contributed by atoms with Crippen LogP contribution in [-0.2, 0) is 6.42 Å². The lowest BCUT2D eigenvalue weighted by molar-refractivity contribution is 0.131. The SMILES string of the molecule is CCC(C)(C)Cc1ccc(OC(C)(C)C)cc1. The summed E-state index contributed by atoms with van der Waals surface area (Å²) in [5.74, 6) is 0.954. The Labute approximate surface area is 106 Å². The highest BCUT2D eigenvalue weighted by atomic mass is 16.5. The van der Waals surface area contributed by atoms with Crippen LogP contribution in [0, 0.1) is 5.41 Å². The smallest absolute Gasteiger partial charge is 0.120 e. The predicted octanol–water partition coefficient (Wildman–Crippen LogP) is 4.84. The molecule has 17 heavy (non-hydrogen) atoms. The zero-order chi connectivity index (χ0) is 13.1. The molecule has 0 saturated heterocycles. The van der Waals surface area contributed by atoms with Crippen LogP contribution >= 0.6 is 0 Å². The highest BCUT2D eigenvalue weighted by molar-refractivity contribution is 5.28. The molecule has 0 fully saturated rings. The van der Waals surface area contributed by atoms with Gasteiger partial charge >= 0.3 is 0 Å². The fraction of sp³-hybridized carbons (Fsp3) is 0.625. The fourth-order valence-electron chi connectivity index (χ4n) is 1.71. The van der Waals surface area contributed by atoms with Gasteiger partial charge in [0.05, 0.1) is 0 Å². The Morgan fingerprint density at radius 2 is 1.47 bits per heavy atom. The standard InChI is InChI=1S/C16H26O/c1-7-16(5,6)12-13-8-10-14(11-9-13)17-15(2,3)4/h8-11H,7,12H2,1-6H3. The molecule has 1 aromatic carbocycles. The molecule has 0 bridgehead atoms. The summed E-state index contributed by atoms with van der Waals surface area (Å²) in [6, 6.07) is 8.51. The van der Waals surface area contributed by atoms with Gasteiger partial charge in [0.25, 0.3) is 0 Å². The number of hydrogen-bond acceptors (Lipinski definition) is 1. The van der Waals surface area contributed by atoms with Gasteiger partial charge in [-0.25, -0.2) is 0 Å². The molecular formula is C16H26O. The molecule has 0 saturated carbocycles. The molecule has 0 heterocycles. The monoisotopic (exact) mass is 234 g/mol. The molecule has 0 aromatic heterocycles. The van der Waals surface area contributed by atoms with Crippen LogP contribution in [0.2, 0.25) is 0 Å². The highest BCUT2D eigenvalue weighted by Gasteiger charge is 2.16. The minimum atomic E-state index is -0.121. The first-order valence-electron chi connectivity index (χ1n) is 6.50. The summed E-state index contributed by atoms with van der Waals surface area (Å²) >= 11 is 0. The lowest BCUT2D eigenvalue weighted by atomic mass is 9.83. The molecule has 1 heteroatoms. The topological polar surface area (TPSA) is 9.23 Å². The molecule has 0 atom stereocenters. The van der Waals surface area contributed by atoms with E-state index in [9.17, 15) is 0 Å². The maximum absolute atomic E-state index is 5.81. The third kappa shape index (κ3) is 5.25. The molecule has 1 rings (SSSR count). The zero-order valence-corrected chi connectivity index (χ0v) is 12.1. The molecular weight excluding hydrogens is 208 g/mol. The fourth-order valence-corrected chi connectivity index (χ4v) is 1.71. The second-order valence-electron chi connectivity index (χ2n) is 6.55. The first-order chi connectivity index (χ1) is 7.72. The van der Waals surface area contributed by atoms with Gasteiger partial charge in [0.1, 0.15) is 11.4 Å². The van der Waals surface area contributed by atoms with Crippen molar-refractivity contribution < 1.29 is 4.74 Å². The first-order valence-corrected chi connectivity index (χ1v) is 6.50. The van der Waals surface area contributed by atoms with Crippen LogP contribution in [0.1, 0.15) is 53.5 Å². The van der Waals surface area contributed by atoms with Crippen molar-refractivity contribution in [1.29, 1.82) is 0 Å². The van der Waals surface area contributed by atoms with Crippen molar-refractivity contribution >= 4 is 0 Å². The van der Waals surface area contributed by atoms with Crippen LogP contribution in [0.5, 0.6) is 5.75 Å². The lowest BCUT2D eigenvalue weighted by Crippen LogP contribution is -2.22. The Morgan fingerprint density at radius 3 is 1.88 bits per heavy atom. The summed E-state index contributed by atoms with van der Waals surface area (Å²) in [5, 5.41) is 0. The Morgan fingerprint density at radius 1 is 0.941 bits per heavy atom. The minimum Gasteiger partial charge on any atom is -0.488 e. The van der Waals surface area contributed by atoms with Gasteiger partial charge in [0.15, 0.2) is 0 Å². The number of ether oxygens (including phenoxy) is 1. The Balaban J connectivity index is 2.69. The molecule has 0 aliphatic rings. The highest BCUT2D eigenvalue weighted by Crippen LogP contribution is 2.27. The van der Waals surface area contributed by atoms with Gasteiger partial charge in [0, 0.05) is 0 Å². The van der Waals surface area contributed by atoms with Crippen molar-refractivity contribution in [3.8, 4) is 5.75 Å². The normalized spacial score (nSPS) is 12.6. The quantitative estimate of drug-likeness (QED) is 0.724. The molecule has 0 unspecified atom stereocenters. The predicted molar refractivity (Wildman–Crippen MR) is 74.6 cm³/mol. The van der Waals surface area contributed by atoms with E-state index in [2.05, 4.69) is 65.8 Å². The summed E-state index contributed by atoms with van der Waals surface area (Å²) in [6.45, 7) is 13.1. The van der Waals surface area contributed by atoms with Gasteiger partial charge in [-0.15, -0.1) is 0 Å². The van der Waals surface area contributed by atoms with E-state index in [-0.39, 0.29) is 5.60 Å². The van der Waals surface area contributed by atoms with E-state index in [1.54, 1.807) is 0 Å². The molecule has 1 nitrogen and oxygen atoms in total. The van der Waals surface area contributed by atoms with Crippen LogP contribution in [0.15, 0.2) is 24.3 Å². The van der Waals surface area contributed by atoms with E-state index in [0.29, 0.717) is 5.41 Å². The zero-order valence-electron chi connectivity index (χ0n) is 12.1. The molecule has 0 amide bonds. The van der Waals surface area contributed by atoms with E-state index >= 15 is 0 Å². The van der Waals surface area contributed by atoms with Crippen LogP contribution in [0.4, 0.5) is 0 Å². The first kappa shape index (κ1) is 14.1. The van der Waals surface area contributed by atoms with E-state index in [1.165, 1.54) is 12.0 Å². The van der Waals surface area contributed by atoms with E-state index in [4.69, 9.17) is 4.74 Å². The van der Waals surface area contributed by atoms with Crippen LogP contribution in [0.3, 0.4) is 0 Å². The van der Waals surface area contributed by atoms with Crippen molar-refractivity contribution in [1.82, 2.24) is 0 Å². The van der Waals surface area contributed by atoms with Crippen molar-refractivity contribution in [3.05, 3.63) is 29.8 Å². The maximum Gasteiger partial charge on any atom is 0.120 e. The average Bonchev–Trinajstić information content (AvgIpc) is 2.19. The van der Waals surface area contributed by atoms with Gasteiger partial charge < -0.3 is 4.74 Å². The molecule has 96 valence electrons. The number of rotatable bonds is 4. The number of benzene rings is 1. The number of hydrogen-bond donors (Lipinski definition) is 0. The summed E-state index contributed by atoms with van der Waals surface area (Å²) < 4.78 is 5.81. The molecule has 0 radical (unpaired) electrons. The van der Waals surface area contributed by atoms with E-state index < -0.39 is 0 Å². The molecule has 1 aromatic rings. The van der Waals surface area contributed by atoms with Gasteiger partial charge in [-0.05, 0) is 50.3 Å². The molecule has 0 N–H and O–H groups in total. The van der Waals surface area contributed by atoms with Crippen molar-refractivity contribution in [2.24, 2.45) is 5.41 Å². The van der Waals surface area contributed by atoms with Gasteiger partial charge in [-0.1, -0.05) is 39.3 Å². The van der Waals surface area contributed by atoms with E-state index in [0.717, 1.165) is 12.2 Å². The average molecular weight is 234 g/mol. The summed E-state index contributed by atoms with van der Waals surface area (Å²) in [4.78, 5) is 0. The third-order valence-electron chi connectivity index (χ3n) is 2.99. The maximum atomic E-state index is 5.81. The Hall–Kier alpha value is -0.980. The molecule has 0 spiro atoms. The third-order valence-corrected chi connectivity index (χ3v) is 2.99. The van der Waals surface area contributed by atoms with Crippen molar-refractivity contribution in [2.75, 3.05) is 0 Å². The minimum absolute atomic E-state index is 0.121. The van der Waals surface area contributed by atoms with Crippen LogP contribution < -0.4 is 4.74 Å². The Bertz CT molecular complexity index is 341.